The number of hydrogen-bond donors (Lipinski definition) is 1. The summed E-state index contributed by atoms with van der Waals surface area (Å²) in [6.45, 7) is 10.2. The summed E-state index contributed by atoms with van der Waals surface area (Å²) in [7, 11) is 12.0. The van der Waals surface area contributed by atoms with Crippen LogP contribution in [0.2, 0.25) is 0 Å². The third-order valence-corrected chi connectivity index (χ3v) is 5.58. The number of nitrogens with zero attached hydrogens (tertiary/aromatic N) is 3. The summed E-state index contributed by atoms with van der Waals surface area (Å²) in [5.74, 6) is 1.84. The molecule has 1 aliphatic heterocycles. The highest BCUT2D eigenvalue weighted by atomic mass is 32.2. The second-order valence-corrected chi connectivity index (χ2v) is 8.50. The second kappa shape index (κ2) is 13.9. The van der Waals surface area contributed by atoms with Crippen LogP contribution < -0.4 is 5.32 Å². The molecule has 0 amide bonds. The minimum atomic E-state index is -0.123. The maximum atomic E-state index is 12.7. The Morgan fingerprint density at radius 2 is 2.17 bits per heavy atom. The number of ether oxygens (including phenoxy) is 1. The SMILES string of the molecule is [B]C(=C)C(COCC)N(C)CC1NC(CS/C=C\N(C)C)=NCC1C(=O)CCC. The molecule has 1 rings (SSSR count). The molecule has 0 bridgehead atoms. The van der Waals surface area contributed by atoms with E-state index < -0.39 is 0 Å². The summed E-state index contributed by atoms with van der Waals surface area (Å²) in [6, 6.07) is -0.0909. The van der Waals surface area contributed by atoms with E-state index in [1.165, 1.54) is 0 Å². The van der Waals surface area contributed by atoms with Crippen LogP contribution in [-0.2, 0) is 9.53 Å². The first kappa shape index (κ1) is 25.8. The van der Waals surface area contributed by atoms with Crippen molar-refractivity contribution >= 4 is 31.2 Å². The van der Waals surface area contributed by atoms with E-state index in [-0.39, 0.29) is 23.8 Å². The van der Waals surface area contributed by atoms with Gasteiger partial charge in [-0.3, -0.25) is 14.7 Å². The van der Waals surface area contributed by atoms with E-state index in [4.69, 9.17) is 12.6 Å². The molecule has 0 spiro atoms. The van der Waals surface area contributed by atoms with Crippen molar-refractivity contribution in [1.82, 2.24) is 15.1 Å². The molecule has 162 valence electrons. The number of thioether (sulfide) groups is 1. The van der Waals surface area contributed by atoms with Crippen molar-refractivity contribution < 1.29 is 9.53 Å². The third-order valence-electron chi connectivity index (χ3n) is 4.83. The summed E-state index contributed by atoms with van der Waals surface area (Å²) in [5, 5.41) is 5.57. The van der Waals surface area contributed by atoms with E-state index >= 15 is 0 Å². The zero-order chi connectivity index (χ0) is 21.8. The Hall–Kier alpha value is -1.25. The van der Waals surface area contributed by atoms with Gasteiger partial charge in [-0.05, 0) is 25.8 Å². The minimum Gasteiger partial charge on any atom is -0.383 e. The lowest BCUT2D eigenvalue weighted by atomic mass is 9.87. The van der Waals surface area contributed by atoms with Gasteiger partial charge in [0.05, 0.1) is 30.9 Å². The topological polar surface area (TPSA) is 57.2 Å². The Morgan fingerprint density at radius 3 is 2.76 bits per heavy atom. The Kier molecular flexibility index (Phi) is 12.3. The lowest BCUT2D eigenvalue weighted by molar-refractivity contribution is -0.123. The molecule has 0 aliphatic carbocycles. The van der Waals surface area contributed by atoms with E-state index in [1.54, 1.807) is 11.8 Å². The van der Waals surface area contributed by atoms with Gasteiger partial charge in [-0.25, -0.2) is 0 Å². The van der Waals surface area contributed by atoms with E-state index in [0.29, 0.717) is 38.2 Å². The number of nitrogens with one attached hydrogen (secondary N) is 1. The molecular formula is C21H37BN4O2S. The van der Waals surface area contributed by atoms with Gasteiger partial charge >= 0.3 is 0 Å². The molecule has 3 unspecified atom stereocenters. The molecule has 8 heteroatoms. The molecule has 1 N–H and O–H groups in total. The van der Waals surface area contributed by atoms with Crippen molar-refractivity contribution in [2.75, 3.05) is 53.2 Å². The summed E-state index contributed by atoms with van der Waals surface area (Å²) in [5.41, 5.74) is 0.575. The lowest BCUT2D eigenvalue weighted by Crippen LogP contribution is -2.55. The number of ketones is 1. The van der Waals surface area contributed by atoms with Gasteiger partial charge in [0.25, 0.3) is 0 Å². The van der Waals surface area contributed by atoms with Crippen LogP contribution in [0, 0.1) is 5.92 Å². The molecular weight excluding hydrogens is 383 g/mol. The molecule has 0 saturated carbocycles. The number of amidine groups is 1. The fourth-order valence-electron chi connectivity index (χ4n) is 3.19. The quantitative estimate of drug-likeness (QED) is 0.435. The van der Waals surface area contributed by atoms with Crippen LogP contribution in [0.1, 0.15) is 26.7 Å². The monoisotopic (exact) mass is 420 g/mol. The lowest BCUT2D eigenvalue weighted by Gasteiger charge is -2.37. The first-order valence-electron chi connectivity index (χ1n) is 10.3. The van der Waals surface area contributed by atoms with Crippen LogP contribution in [0.5, 0.6) is 0 Å². The van der Waals surface area contributed by atoms with Crippen molar-refractivity contribution in [3.05, 3.63) is 23.7 Å². The molecule has 6 nitrogen and oxygen atoms in total. The molecule has 0 aromatic heterocycles. The van der Waals surface area contributed by atoms with Crippen molar-refractivity contribution in [3.8, 4) is 0 Å². The molecule has 0 fully saturated rings. The van der Waals surface area contributed by atoms with E-state index in [0.717, 1.165) is 18.0 Å². The van der Waals surface area contributed by atoms with Gasteiger partial charge in [0.2, 0.25) is 0 Å². The molecule has 3 atom stereocenters. The highest BCUT2D eigenvalue weighted by Gasteiger charge is 2.33. The maximum Gasteiger partial charge on any atom is 0.139 e. The number of hydrogen-bond acceptors (Lipinski definition) is 7. The number of carbonyl (C=O) groups is 1. The average Bonchev–Trinajstić information content (AvgIpc) is 2.65. The predicted octanol–water partition coefficient (Wildman–Crippen LogP) is 2.13. The van der Waals surface area contributed by atoms with Crippen LogP contribution in [-0.4, -0.2) is 94.5 Å². The van der Waals surface area contributed by atoms with Gasteiger partial charge in [-0.15, -0.1) is 23.8 Å². The van der Waals surface area contributed by atoms with Gasteiger partial charge in [0.15, 0.2) is 0 Å². The molecule has 0 saturated heterocycles. The van der Waals surface area contributed by atoms with Gasteiger partial charge in [0.1, 0.15) is 19.5 Å². The van der Waals surface area contributed by atoms with Crippen molar-refractivity contribution in [1.29, 1.82) is 0 Å². The van der Waals surface area contributed by atoms with Gasteiger partial charge in [-0.2, -0.15) is 0 Å². The van der Waals surface area contributed by atoms with Gasteiger partial charge in [0, 0.05) is 45.9 Å². The number of carbonyl (C=O) groups excluding carboxylic acids is 1. The smallest absolute Gasteiger partial charge is 0.139 e. The Balaban J connectivity index is 2.84. The second-order valence-electron chi connectivity index (χ2n) is 7.61. The zero-order valence-electron chi connectivity index (χ0n) is 18.7. The molecule has 1 aliphatic rings. The van der Waals surface area contributed by atoms with E-state index in [1.807, 2.05) is 46.1 Å². The Morgan fingerprint density at radius 1 is 1.45 bits per heavy atom. The summed E-state index contributed by atoms with van der Waals surface area (Å²) in [6.07, 6.45) is 3.45. The third kappa shape index (κ3) is 9.40. The van der Waals surface area contributed by atoms with Gasteiger partial charge in [-0.1, -0.05) is 6.92 Å². The van der Waals surface area contributed by atoms with E-state index in [2.05, 4.69) is 27.2 Å². The van der Waals surface area contributed by atoms with Crippen LogP contribution in [0.15, 0.2) is 28.7 Å². The Bertz CT molecular complexity index is 583. The first-order chi connectivity index (χ1) is 13.8. The predicted molar refractivity (Wildman–Crippen MR) is 126 cm³/mol. The summed E-state index contributed by atoms with van der Waals surface area (Å²) >= 11 is 1.68. The average molecular weight is 420 g/mol. The van der Waals surface area contributed by atoms with Crippen LogP contribution in [0.3, 0.4) is 0 Å². The molecule has 0 aromatic carbocycles. The van der Waals surface area contributed by atoms with Gasteiger partial charge < -0.3 is 15.0 Å². The molecule has 0 aromatic rings. The maximum absolute atomic E-state index is 12.7. The highest BCUT2D eigenvalue weighted by Crippen LogP contribution is 2.18. The fraction of sp³-hybridized carbons (Fsp3) is 0.714. The van der Waals surface area contributed by atoms with Crippen molar-refractivity contribution in [3.63, 3.8) is 0 Å². The van der Waals surface area contributed by atoms with Crippen LogP contribution in [0.4, 0.5) is 0 Å². The van der Waals surface area contributed by atoms with Crippen molar-refractivity contribution in [2.24, 2.45) is 10.9 Å². The summed E-state index contributed by atoms with van der Waals surface area (Å²) in [4.78, 5) is 21.5. The largest absolute Gasteiger partial charge is 0.383 e. The Labute approximate surface area is 182 Å². The number of aliphatic imine (C=N–C) groups is 1. The first-order valence-corrected chi connectivity index (χ1v) is 11.3. The highest BCUT2D eigenvalue weighted by molar-refractivity contribution is 8.02. The summed E-state index contributed by atoms with van der Waals surface area (Å²) < 4.78 is 5.58. The van der Waals surface area contributed by atoms with Crippen molar-refractivity contribution in [2.45, 2.75) is 38.8 Å². The van der Waals surface area contributed by atoms with Crippen LogP contribution >= 0.6 is 11.8 Å². The number of rotatable bonds is 14. The molecule has 2 radical (unpaired) electrons. The van der Waals surface area contributed by atoms with E-state index in [9.17, 15) is 4.79 Å². The molecule has 29 heavy (non-hydrogen) atoms. The molecule has 1 heterocycles. The number of Topliss-reactive ketones (excluding diaryl/α,β-unsaturated/α-hetero) is 1. The zero-order valence-corrected chi connectivity index (χ0v) is 19.5. The minimum absolute atomic E-state index is 0.00606. The fourth-order valence-corrected chi connectivity index (χ4v) is 3.95. The standard InChI is InChI=1S/C21H37BN4O2S/c1-7-9-20(27)17-12-23-21(15-29-11-10-25(4)5)24-18(17)13-26(6)19(16(3)22)14-28-8-2/h10-11,17-19H,3,7-9,12-15H2,1-2,4-6H3,(H,23,24)/b11-10-. The number of likely N-dealkylation sites (N-methyl/N-ethyl adjacent to an activating group) is 1. The van der Waals surface area contributed by atoms with Crippen LogP contribution in [0.25, 0.3) is 0 Å². The normalized spacial score (nSPS) is 20.4.